The molecule has 5 fully saturated rings. The van der Waals surface area contributed by atoms with Gasteiger partial charge in [-0.05, 0) is 184 Å². The molecule has 5 saturated heterocycles. The van der Waals surface area contributed by atoms with E-state index < -0.39 is 73.8 Å². The van der Waals surface area contributed by atoms with Crippen molar-refractivity contribution in [3.63, 3.8) is 0 Å². The summed E-state index contributed by atoms with van der Waals surface area (Å²) in [7, 11) is -0.644. The van der Waals surface area contributed by atoms with Crippen LogP contribution in [0, 0.1) is 29.6 Å². The number of aldehydes is 5. The van der Waals surface area contributed by atoms with Gasteiger partial charge in [0.2, 0.25) is 17.7 Å². The van der Waals surface area contributed by atoms with Crippen molar-refractivity contribution in [2.45, 2.75) is 65.0 Å². The average Bonchev–Trinajstić information content (AvgIpc) is 1.60. The molecule has 9 aromatic carbocycles. The third-order valence-corrected chi connectivity index (χ3v) is 23.4. The van der Waals surface area contributed by atoms with Crippen molar-refractivity contribution in [1.82, 2.24) is 5.32 Å². The normalized spacial score (nSPS) is 17.0. The first-order valence-corrected chi connectivity index (χ1v) is 42.1. The van der Waals surface area contributed by atoms with Crippen LogP contribution in [0.25, 0.3) is 0 Å². The predicted molar refractivity (Wildman–Crippen MR) is 457 cm³/mol. The van der Waals surface area contributed by atoms with Crippen LogP contribution in [0.15, 0.2) is 249 Å². The topological polar surface area (TPSA) is 345 Å². The van der Waals surface area contributed by atoms with Crippen molar-refractivity contribution in [3.8, 4) is 5.75 Å². The van der Waals surface area contributed by atoms with E-state index in [1.54, 1.807) is 137 Å². The number of ketones is 3. The van der Waals surface area contributed by atoms with Gasteiger partial charge in [0.25, 0.3) is 23.6 Å². The quantitative estimate of drug-likeness (QED) is 0.0197. The highest BCUT2D eigenvalue weighted by Crippen LogP contribution is 2.35. The van der Waals surface area contributed by atoms with Gasteiger partial charge < -0.3 is 52.7 Å². The molecular weight excluding hydrogens is 1580 g/mol. The Hall–Kier alpha value is -14.2. The van der Waals surface area contributed by atoms with Gasteiger partial charge in [-0.3, -0.25) is 57.5 Å². The predicted octanol–water partition coefficient (Wildman–Crippen LogP) is 11.2. The van der Waals surface area contributed by atoms with Crippen molar-refractivity contribution in [2.75, 3.05) is 87.8 Å². The Balaban J connectivity index is 0.000000165. The number of hydrogen-bond acceptors (Lipinski definition) is 20. The van der Waals surface area contributed by atoms with E-state index in [0.29, 0.717) is 123 Å². The van der Waals surface area contributed by atoms with E-state index in [1.165, 1.54) is 34.2 Å². The number of carbonyl (C=O) groups is 16. The first kappa shape index (κ1) is 90.2. The minimum absolute atomic E-state index is 0.00769. The molecule has 29 heteroatoms. The lowest BCUT2D eigenvalue weighted by Gasteiger charge is -2.31. The smallest absolute Gasteiger partial charge is 0.407 e. The number of rotatable bonds is 29. The maximum absolute atomic E-state index is 12.9. The van der Waals surface area contributed by atoms with Crippen LogP contribution in [0.1, 0.15) is 70.5 Å². The van der Waals surface area contributed by atoms with Gasteiger partial charge in [0.15, 0.2) is 29.3 Å². The summed E-state index contributed by atoms with van der Waals surface area (Å²) in [4.78, 5) is 195. The summed E-state index contributed by atoms with van der Waals surface area (Å²) < 4.78 is 22.0. The molecule has 4 atom stereocenters. The van der Waals surface area contributed by atoms with Crippen molar-refractivity contribution in [2.24, 2.45) is 29.6 Å². The molecule has 4 unspecified atom stereocenters. The number of hydrogen-bond donors (Lipinski definition) is 1. The number of amides is 8. The second kappa shape index (κ2) is 44.0. The van der Waals surface area contributed by atoms with Crippen LogP contribution in [-0.2, 0) is 95.2 Å². The van der Waals surface area contributed by atoms with E-state index in [9.17, 15) is 76.7 Å². The molecule has 0 aromatic heterocycles. The third-order valence-electron chi connectivity index (χ3n) is 20.4. The van der Waals surface area contributed by atoms with E-state index in [2.05, 4.69) is 11.9 Å². The van der Waals surface area contributed by atoms with Crippen LogP contribution in [0.5, 0.6) is 5.75 Å². The summed E-state index contributed by atoms with van der Waals surface area (Å²) in [6.07, 6.45) is 5.42. The molecular formula is C93H92N8O20Si. The first-order chi connectivity index (χ1) is 59.1. The monoisotopic (exact) mass is 1670 g/mol. The average molecular weight is 1670 g/mol. The van der Waals surface area contributed by atoms with Crippen molar-refractivity contribution in [3.05, 3.63) is 277 Å². The van der Waals surface area contributed by atoms with Gasteiger partial charge in [-0.15, -0.1) is 0 Å². The minimum Gasteiger partial charge on any atom is -0.497 e. The zero-order valence-electron chi connectivity index (χ0n) is 67.6. The molecule has 9 aromatic rings. The number of aryl methyl sites for hydroxylation is 1. The lowest BCUT2D eigenvalue weighted by atomic mass is 9.87. The molecule has 8 amide bonds. The molecule has 628 valence electrons. The van der Waals surface area contributed by atoms with Gasteiger partial charge in [0.1, 0.15) is 54.8 Å². The van der Waals surface area contributed by atoms with Crippen molar-refractivity contribution < 1.29 is 95.0 Å². The molecule has 122 heavy (non-hydrogen) atoms. The van der Waals surface area contributed by atoms with E-state index in [-0.39, 0.29) is 48.7 Å². The van der Waals surface area contributed by atoms with E-state index >= 15 is 0 Å². The number of piperidine rings is 1. The van der Waals surface area contributed by atoms with Crippen molar-refractivity contribution >= 4 is 145 Å². The van der Waals surface area contributed by atoms with Gasteiger partial charge in [0, 0.05) is 60.9 Å². The summed E-state index contributed by atoms with van der Waals surface area (Å²) in [5, 5.41) is 7.57. The Morgan fingerprint density at radius 1 is 0.418 bits per heavy atom. The molecule has 0 bridgehead atoms. The van der Waals surface area contributed by atoms with Gasteiger partial charge in [-0.1, -0.05) is 140 Å². The highest BCUT2D eigenvalue weighted by Gasteiger charge is 2.49. The molecule has 14 rings (SSSR count). The van der Waals surface area contributed by atoms with Crippen LogP contribution in [0.2, 0.25) is 12.6 Å². The lowest BCUT2D eigenvalue weighted by molar-refractivity contribution is -0.135. The van der Waals surface area contributed by atoms with Gasteiger partial charge >= 0.3 is 14.7 Å². The number of methoxy groups -OCH3 is 1. The summed E-state index contributed by atoms with van der Waals surface area (Å²) in [5.74, 6) is -8.08. The lowest BCUT2D eigenvalue weighted by Crippen LogP contribution is -2.47. The zero-order valence-corrected chi connectivity index (χ0v) is 68.6. The van der Waals surface area contributed by atoms with E-state index in [1.807, 2.05) is 123 Å². The van der Waals surface area contributed by atoms with E-state index in [0.717, 1.165) is 63.3 Å². The third kappa shape index (κ3) is 22.6. The number of para-hydroxylation sites is 4. The number of anilines is 7. The Morgan fingerprint density at radius 3 is 1.31 bits per heavy atom. The molecule has 5 heterocycles. The fourth-order valence-corrected chi connectivity index (χ4v) is 16.5. The molecule has 0 aliphatic carbocycles. The first-order valence-electron chi connectivity index (χ1n) is 39.6. The summed E-state index contributed by atoms with van der Waals surface area (Å²) >= 11 is 0. The van der Waals surface area contributed by atoms with Crippen LogP contribution < -0.4 is 44.8 Å². The molecule has 0 saturated carbocycles. The maximum Gasteiger partial charge on any atom is 0.407 e. The summed E-state index contributed by atoms with van der Waals surface area (Å²) in [6.45, 7) is 8.59. The SMILES string of the molecule is CCO[Si](C)(CCCNC(=O)OCCCc1ccc(N2CC(=O)C(Cc3ccccc3)C2=O)cc1)OCC.COc1ccc(N2C(=O)C(C=O)C(=O)N2c2ccc(C=O)cc2)cc1.O=CC1C(=O)CN(c2ccccc2)C1=O.O=CC1C(=O)N(c2ccccc2)N(c2ccccc2)C1=O.O=Cc1ccccc1CC1C(=O)CCN(c2ccccc2)C1=O. The maximum atomic E-state index is 12.9. The molecule has 5 aliphatic heterocycles. The molecule has 28 nitrogen and oxygen atoms in total. The van der Waals surface area contributed by atoms with Crippen molar-refractivity contribution in [1.29, 1.82) is 0 Å². The number of carbonyl (C=O) groups excluding carboxylic acids is 16. The van der Waals surface area contributed by atoms with Gasteiger partial charge in [-0.2, -0.15) is 0 Å². The highest BCUT2D eigenvalue weighted by molar-refractivity contribution is 6.66. The Bertz CT molecular complexity index is 5130. The van der Waals surface area contributed by atoms with Crippen LogP contribution in [0.3, 0.4) is 0 Å². The fourth-order valence-electron chi connectivity index (χ4n) is 14.1. The number of benzene rings is 9. The second-order valence-electron chi connectivity index (χ2n) is 28.4. The second-order valence-corrected chi connectivity index (χ2v) is 31.8. The number of hydrazine groups is 2. The van der Waals surface area contributed by atoms with E-state index in [4.69, 9.17) is 18.3 Å². The summed E-state index contributed by atoms with van der Waals surface area (Å²) in [6, 6.07) is 73.6. The minimum atomic E-state index is -2.16. The molecule has 0 radical (unpaired) electrons. The van der Waals surface area contributed by atoms with Gasteiger partial charge in [0.05, 0.1) is 49.6 Å². The number of nitrogens with zero attached hydrogens (tertiary/aromatic N) is 7. The Kier molecular flexibility index (Phi) is 32.6. The number of alkyl carbamates (subject to hydrolysis) is 1. The number of nitrogens with one attached hydrogen (secondary N) is 1. The van der Waals surface area contributed by atoms with Crippen LogP contribution >= 0.6 is 0 Å². The fraction of sp³-hybridized carbons (Fsp3) is 0.247. The van der Waals surface area contributed by atoms with Crippen LogP contribution in [0.4, 0.5) is 44.6 Å². The molecule has 5 aliphatic rings. The standard InChI is InChI=1S/C29H40N2O6Si.C19H17NO3.C18H14N2O5.C16H12N2O3.C11H9NO3/c1-4-36-38(3,37-5-2)20-10-18-30-29(34)35-19-9-13-23-14-16-25(17-15-23)31-22-27(32)26(28(31)33)21-24-11-7-6-8-12-24;21-13-15-7-5-4-6-14(15)12-17-18(22)10-11-20(19(17)23)16-8-2-1-3-9-16;1-25-15-8-6-14(7-9-15)20-18(24)16(11-22)17(23)19(20)13-4-2-12(10-21)3-5-13;19-11-14-15(20)17(12-7-3-1-4-8-12)18(16(14)21)13-9-5-2-6-10-13;13-7-9-10(14)6-12(11(9)15)8-4-2-1-3-5-8/h6-8,11-12,14-17,26H,4-5,9-10,13,18-22H2,1-3H3,(H,30,34);1-9,13,17H,10-12H2;2-11,16H,1H3;1-11,14H;1-5,7,9H,6H2. The number of Topliss-reactive ketones (excluding diaryl/α,β-unsaturated/α-hetero) is 3. The Morgan fingerprint density at radius 2 is 0.836 bits per heavy atom. The number of ether oxygens (including phenoxy) is 2. The molecule has 0 spiro atoms. The van der Waals surface area contributed by atoms with Crippen LogP contribution in [-0.4, -0.2) is 158 Å². The summed E-state index contributed by atoms with van der Waals surface area (Å²) in [5.41, 5.74) is 7.84. The highest BCUT2D eigenvalue weighted by atomic mass is 28.4. The molecule has 1 N–H and O–H groups in total. The largest absolute Gasteiger partial charge is 0.497 e. The Labute approximate surface area is 706 Å². The zero-order chi connectivity index (χ0) is 87.2. The van der Waals surface area contributed by atoms with Gasteiger partial charge in [-0.25, -0.2) is 24.8 Å².